The van der Waals surface area contributed by atoms with Gasteiger partial charge in [-0.25, -0.2) is 9.98 Å². The molecule has 0 spiro atoms. The van der Waals surface area contributed by atoms with E-state index >= 15 is 0 Å². The predicted octanol–water partition coefficient (Wildman–Crippen LogP) is 3.09. The van der Waals surface area contributed by atoms with Crippen LogP contribution in [-0.2, 0) is 4.79 Å². The summed E-state index contributed by atoms with van der Waals surface area (Å²) in [4.78, 5) is 26.6. The van der Waals surface area contributed by atoms with Gasteiger partial charge in [0.15, 0.2) is 0 Å². The van der Waals surface area contributed by atoms with Crippen LogP contribution in [0, 0.1) is 0 Å². The number of carbonyl (C=O) groups is 1. The average Bonchev–Trinajstić information content (AvgIpc) is 3.25. The van der Waals surface area contributed by atoms with Crippen LogP contribution in [-0.4, -0.2) is 67.1 Å². The van der Waals surface area contributed by atoms with Crippen molar-refractivity contribution in [3.8, 4) is 0 Å². The van der Waals surface area contributed by atoms with Crippen molar-refractivity contribution in [1.29, 1.82) is 0 Å². The number of aliphatic imine (C=N–C) groups is 2. The van der Waals surface area contributed by atoms with Gasteiger partial charge in [-0.2, -0.15) is 0 Å². The smallest absolute Gasteiger partial charge is 0.240 e. The van der Waals surface area contributed by atoms with Crippen LogP contribution in [0.15, 0.2) is 75.1 Å². The van der Waals surface area contributed by atoms with E-state index < -0.39 is 0 Å². The molecule has 3 aromatic rings. The van der Waals surface area contributed by atoms with Crippen LogP contribution >= 0.6 is 0 Å². The lowest BCUT2D eigenvalue weighted by Gasteiger charge is -2.31. The minimum Gasteiger partial charge on any atom is -0.455 e. The largest absolute Gasteiger partial charge is 0.455 e. The lowest BCUT2D eigenvalue weighted by Crippen LogP contribution is -2.48. The number of hydrogen-bond donors (Lipinski definition) is 1. The van der Waals surface area contributed by atoms with Crippen LogP contribution in [0.25, 0.3) is 11.0 Å². The van der Waals surface area contributed by atoms with Gasteiger partial charge in [-0.15, -0.1) is 0 Å². The van der Waals surface area contributed by atoms with E-state index in [1.165, 1.54) is 0 Å². The molecular weight excluding hydrogens is 402 g/mol. The van der Waals surface area contributed by atoms with E-state index in [9.17, 15) is 4.79 Å². The highest BCUT2D eigenvalue weighted by Crippen LogP contribution is 2.29. The summed E-state index contributed by atoms with van der Waals surface area (Å²) in [5.74, 6) is 0.974. The van der Waals surface area contributed by atoms with Crippen LogP contribution in [0.1, 0.15) is 23.8 Å². The Bertz CT molecular complexity index is 1130. The Balaban J connectivity index is 1.38. The first-order chi connectivity index (χ1) is 15.6. The molecule has 5 rings (SSSR count). The van der Waals surface area contributed by atoms with Gasteiger partial charge in [0.2, 0.25) is 11.9 Å². The minimum absolute atomic E-state index is 0.0882. The summed E-state index contributed by atoms with van der Waals surface area (Å²) in [5, 5.41) is 3.97. The maximum atomic E-state index is 12.7. The van der Waals surface area contributed by atoms with E-state index in [2.05, 4.69) is 39.3 Å². The lowest BCUT2D eigenvalue weighted by molar-refractivity contribution is -0.121. The minimum atomic E-state index is -0.129. The van der Waals surface area contributed by atoms with Crippen LogP contribution in [0.4, 0.5) is 0 Å². The second-order valence-electron chi connectivity index (χ2n) is 8.42. The molecule has 32 heavy (non-hydrogen) atoms. The second-order valence-corrected chi connectivity index (χ2v) is 8.42. The topological polar surface area (TPSA) is 73.4 Å². The van der Waals surface area contributed by atoms with Crippen molar-refractivity contribution in [3.63, 3.8) is 0 Å². The van der Waals surface area contributed by atoms with Crippen molar-refractivity contribution in [2.24, 2.45) is 9.98 Å². The standard InChI is InChI=1S/C25H27N5O2/c1-29-11-13-30(14-12-29)17-24(31)28-25-26-20(18-7-3-2-4-8-18)16-21(27-25)23-15-19-9-5-6-10-22(19)32-23/h2-10,15,20H,11-14,16-17H2,1H3,(H,26,28,31). The highest BCUT2D eigenvalue weighted by Gasteiger charge is 2.25. The molecule has 1 atom stereocenters. The van der Waals surface area contributed by atoms with Gasteiger partial charge in [0.25, 0.3) is 0 Å². The number of furan rings is 1. The summed E-state index contributed by atoms with van der Waals surface area (Å²) in [5.41, 5.74) is 2.70. The normalized spacial score (nSPS) is 20.1. The van der Waals surface area contributed by atoms with Gasteiger partial charge < -0.3 is 9.32 Å². The van der Waals surface area contributed by atoms with Gasteiger partial charge in [-0.1, -0.05) is 48.5 Å². The first-order valence-corrected chi connectivity index (χ1v) is 11.0. The summed E-state index contributed by atoms with van der Waals surface area (Å²) in [6.45, 7) is 4.06. The zero-order valence-electron chi connectivity index (χ0n) is 18.2. The summed E-state index contributed by atoms with van der Waals surface area (Å²) >= 11 is 0. The third-order valence-electron chi connectivity index (χ3n) is 6.01. The maximum Gasteiger partial charge on any atom is 0.240 e. The van der Waals surface area contributed by atoms with Crippen molar-refractivity contribution < 1.29 is 9.21 Å². The fourth-order valence-electron chi connectivity index (χ4n) is 4.16. The van der Waals surface area contributed by atoms with Crippen LogP contribution in [0.2, 0.25) is 0 Å². The number of guanidine groups is 1. The molecule has 7 heteroatoms. The molecule has 164 valence electrons. The Labute approximate surface area is 187 Å². The van der Waals surface area contributed by atoms with E-state index in [1.54, 1.807) is 0 Å². The molecule has 7 nitrogen and oxygen atoms in total. The fraction of sp³-hybridized carbons (Fsp3) is 0.320. The van der Waals surface area contributed by atoms with E-state index in [4.69, 9.17) is 9.41 Å². The van der Waals surface area contributed by atoms with Crippen LogP contribution < -0.4 is 5.32 Å². The molecule has 1 unspecified atom stereocenters. The first-order valence-electron chi connectivity index (χ1n) is 11.0. The Kier molecular flexibility index (Phi) is 5.83. The Morgan fingerprint density at radius 3 is 2.59 bits per heavy atom. The van der Waals surface area contributed by atoms with Gasteiger partial charge in [0.05, 0.1) is 18.3 Å². The summed E-state index contributed by atoms with van der Waals surface area (Å²) in [6, 6.07) is 19.9. The average molecular weight is 430 g/mol. The summed E-state index contributed by atoms with van der Waals surface area (Å²) in [7, 11) is 2.10. The molecule has 2 aliphatic rings. The van der Waals surface area contributed by atoms with E-state index in [0.29, 0.717) is 24.7 Å². The van der Waals surface area contributed by atoms with Crippen molar-refractivity contribution in [3.05, 3.63) is 72.0 Å². The maximum absolute atomic E-state index is 12.7. The number of likely N-dealkylation sites (N-methyl/N-ethyl adjacent to an activating group) is 1. The number of nitrogens with zero attached hydrogens (tertiary/aromatic N) is 4. The lowest BCUT2D eigenvalue weighted by atomic mass is 9.99. The van der Waals surface area contributed by atoms with Gasteiger partial charge in [-0.05, 0) is 24.7 Å². The van der Waals surface area contributed by atoms with Crippen molar-refractivity contribution in [1.82, 2.24) is 15.1 Å². The number of amides is 1. The van der Waals surface area contributed by atoms with Gasteiger partial charge >= 0.3 is 0 Å². The number of benzene rings is 2. The Morgan fingerprint density at radius 1 is 1.06 bits per heavy atom. The quantitative estimate of drug-likeness (QED) is 0.692. The highest BCUT2D eigenvalue weighted by atomic mass is 16.3. The van der Waals surface area contributed by atoms with Crippen molar-refractivity contribution in [2.45, 2.75) is 12.5 Å². The molecule has 0 aliphatic carbocycles. The zero-order valence-corrected chi connectivity index (χ0v) is 18.2. The molecule has 0 bridgehead atoms. The molecule has 1 fully saturated rings. The van der Waals surface area contributed by atoms with Crippen LogP contribution in [0.3, 0.4) is 0 Å². The van der Waals surface area contributed by atoms with Crippen molar-refractivity contribution >= 4 is 28.5 Å². The van der Waals surface area contributed by atoms with E-state index in [-0.39, 0.29) is 11.9 Å². The fourth-order valence-corrected chi connectivity index (χ4v) is 4.16. The van der Waals surface area contributed by atoms with E-state index in [1.807, 2.05) is 48.5 Å². The molecule has 0 radical (unpaired) electrons. The Hall–Kier alpha value is -3.29. The first kappa shape index (κ1) is 20.6. The number of carbonyl (C=O) groups excluding carboxylic acids is 1. The second kappa shape index (κ2) is 9.06. The van der Waals surface area contributed by atoms with Gasteiger partial charge in [0.1, 0.15) is 11.3 Å². The number of para-hydroxylation sites is 1. The zero-order chi connectivity index (χ0) is 21.9. The number of nitrogens with one attached hydrogen (secondary N) is 1. The number of fused-ring (bicyclic) bond motifs is 1. The molecule has 1 amide bonds. The molecule has 1 aromatic heterocycles. The highest BCUT2D eigenvalue weighted by molar-refractivity contribution is 6.11. The third kappa shape index (κ3) is 4.64. The molecule has 2 aliphatic heterocycles. The SMILES string of the molecule is CN1CCN(CC(=O)NC2=NC(c3ccccc3)CC(c3cc4ccccc4o3)=N2)CC1. The van der Waals surface area contributed by atoms with E-state index in [0.717, 1.165) is 48.4 Å². The molecule has 0 saturated carbocycles. The molecule has 3 heterocycles. The molecule has 1 N–H and O–H groups in total. The predicted molar refractivity (Wildman–Crippen MR) is 126 cm³/mol. The number of piperazine rings is 1. The number of hydrogen-bond acceptors (Lipinski definition) is 6. The summed E-state index contributed by atoms with van der Waals surface area (Å²) in [6.07, 6.45) is 0.613. The van der Waals surface area contributed by atoms with Crippen molar-refractivity contribution in [2.75, 3.05) is 39.8 Å². The van der Waals surface area contributed by atoms with Gasteiger partial charge in [-0.3, -0.25) is 15.0 Å². The monoisotopic (exact) mass is 429 g/mol. The third-order valence-corrected chi connectivity index (χ3v) is 6.01. The molecular formula is C25H27N5O2. The molecule has 1 saturated heterocycles. The van der Waals surface area contributed by atoms with Crippen LogP contribution in [0.5, 0.6) is 0 Å². The number of rotatable bonds is 4. The Morgan fingerprint density at radius 2 is 1.81 bits per heavy atom. The summed E-state index contributed by atoms with van der Waals surface area (Å²) < 4.78 is 6.07. The molecule has 2 aromatic carbocycles. The van der Waals surface area contributed by atoms with Gasteiger partial charge in [0, 0.05) is 38.0 Å².